The summed E-state index contributed by atoms with van der Waals surface area (Å²) in [5.41, 5.74) is 1.10. The molecule has 0 saturated carbocycles. The number of H-pyrrole nitrogens is 1. The molecule has 8 heteroatoms. The van der Waals surface area contributed by atoms with Crippen LogP contribution in [0.25, 0.3) is 22.2 Å². The van der Waals surface area contributed by atoms with E-state index in [2.05, 4.69) is 14.9 Å². The standard InChI is InChI=1S/C15H10FN3O4/c1-23-15(20)10-6-8(2-4-12(10)16)14-11-7-9(19(21)22)3-5-13(11)17-18-14/h2-7H,1H3,(H,17,18). The van der Waals surface area contributed by atoms with Gasteiger partial charge in [-0.25, -0.2) is 9.18 Å². The van der Waals surface area contributed by atoms with Crippen molar-refractivity contribution >= 4 is 22.6 Å². The number of carbonyl (C=O) groups is 1. The Hall–Kier alpha value is -3.29. The van der Waals surface area contributed by atoms with Crippen LogP contribution in [0.15, 0.2) is 36.4 Å². The number of hydrogen-bond donors (Lipinski definition) is 1. The summed E-state index contributed by atoms with van der Waals surface area (Å²) < 4.78 is 18.2. The molecule has 0 aliphatic rings. The molecule has 0 spiro atoms. The molecule has 116 valence electrons. The summed E-state index contributed by atoms with van der Waals surface area (Å²) in [6.45, 7) is 0. The molecule has 0 amide bonds. The fraction of sp³-hybridized carbons (Fsp3) is 0.0667. The van der Waals surface area contributed by atoms with Crippen LogP contribution in [0, 0.1) is 15.9 Å². The van der Waals surface area contributed by atoms with E-state index < -0.39 is 16.7 Å². The van der Waals surface area contributed by atoms with E-state index in [0.717, 1.165) is 13.2 Å². The number of hydrogen-bond acceptors (Lipinski definition) is 5. The Morgan fingerprint density at radius 2 is 2.09 bits per heavy atom. The molecule has 0 fully saturated rings. The van der Waals surface area contributed by atoms with E-state index in [1.807, 2.05) is 0 Å². The van der Waals surface area contributed by atoms with Crippen molar-refractivity contribution in [2.24, 2.45) is 0 Å². The van der Waals surface area contributed by atoms with Gasteiger partial charge in [-0.1, -0.05) is 0 Å². The van der Waals surface area contributed by atoms with Gasteiger partial charge in [-0.2, -0.15) is 5.10 Å². The van der Waals surface area contributed by atoms with E-state index in [9.17, 15) is 19.3 Å². The number of nitrogens with one attached hydrogen (secondary N) is 1. The third-order valence-electron chi connectivity index (χ3n) is 3.40. The van der Waals surface area contributed by atoms with Gasteiger partial charge in [0.2, 0.25) is 0 Å². The third-order valence-corrected chi connectivity index (χ3v) is 3.40. The maximum atomic E-state index is 13.7. The zero-order valence-electron chi connectivity index (χ0n) is 11.9. The first-order chi connectivity index (χ1) is 11.0. The van der Waals surface area contributed by atoms with Crippen LogP contribution in [0.1, 0.15) is 10.4 Å². The van der Waals surface area contributed by atoms with Crippen molar-refractivity contribution in [2.75, 3.05) is 7.11 Å². The Kier molecular flexibility index (Phi) is 3.49. The van der Waals surface area contributed by atoms with Crippen LogP contribution in [0.4, 0.5) is 10.1 Å². The number of benzene rings is 2. The van der Waals surface area contributed by atoms with E-state index in [-0.39, 0.29) is 11.3 Å². The number of non-ortho nitro benzene ring substituents is 1. The second-order valence-corrected chi connectivity index (χ2v) is 4.75. The first kappa shape index (κ1) is 14.6. The Labute approximate surface area is 128 Å². The molecule has 0 aliphatic carbocycles. The molecule has 0 saturated heterocycles. The number of nitrogens with zero attached hydrogens (tertiary/aromatic N) is 2. The number of carbonyl (C=O) groups excluding carboxylic acids is 1. The summed E-state index contributed by atoms with van der Waals surface area (Å²) in [6.07, 6.45) is 0. The minimum atomic E-state index is -0.810. The molecule has 7 nitrogen and oxygen atoms in total. The smallest absolute Gasteiger partial charge is 0.340 e. The number of aromatic nitrogens is 2. The van der Waals surface area contributed by atoms with Crippen molar-refractivity contribution in [3.63, 3.8) is 0 Å². The van der Waals surface area contributed by atoms with Gasteiger partial charge in [0, 0.05) is 23.1 Å². The summed E-state index contributed by atoms with van der Waals surface area (Å²) in [4.78, 5) is 22.0. The molecule has 0 radical (unpaired) electrons. The summed E-state index contributed by atoms with van der Waals surface area (Å²) in [6, 6.07) is 8.13. The van der Waals surface area contributed by atoms with Crippen LogP contribution in [-0.4, -0.2) is 28.2 Å². The van der Waals surface area contributed by atoms with E-state index >= 15 is 0 Å². The van der Waals surface area contributed by atoms with Gasteiger partial charge in [-0.05, 0) is 24.3 Å². The van der Waals surface area contributed by atoms with Crippen molar-refractivity contribution in [3.8, 4) is 11.3 Å². The predicted octanol–water partition coefficient (Wildman–Crippen LogP) is 3.06. The van der Waals surface area contributed by atoms with Gasteiger partial charge in [-0.3, -0.25) is 15.2 Å². The van der Waals surface area contributed by atoms with E-state index in [0.29, 0.717) is 22.2 Å². The van der Waals surface area contributed by atoms with Gasteiger partial charge in [0.25, 0.3) is 5.69 Å². The number of aromatic amines is 1. The van der Waals surface area contributed by atoms with Gasteiger partial charge in [-0.15, -0.1) is 0 Å². The van der Waals surface area contributed by atoms with Crippen LogP contribution in [0.3, 0.4) is 0 Å². The number of nitro benzene ring substituents is 1. The summed E-state index contributed by atoms with van der Waals surface area (Å²) in [5.74, 6) is -1.53. The highest BCUT2D eigenvalue weighted by molar-refractivity contribution is 5.96. The molecule has 0 atom stereocenters. The molecule has 3 aromatic rings. The number of nitro groups is 1. The second-order valence-electron chi connectivity index (χ2n) is 4.75. The zero-order chi connectivity index (χ0) is 16.6. The predicted molar refractivity (Wildman–Crippen MR) is 79.5 cm³/mol. The maximum Gasteiger partial charge on any atom is 0.340 e. The van der Waals surface area contributed by atoms with Crippen LogP contribution in [-0.2, 0) is 4.74 Å². The Morgan fingerprint density at radius 3 is 2.78 bits per heavy atom. The fourth-order valence-corrected chi connectivity index (χ4v) is 2.27. The minimum absolute atomic E-state index is 0.0875. The number of halogens is 1. The van der Waals surface area contributed by atoms with Crippen molar-refractivity contribution < 1.29 is 18.8 Å². The third kappa shape index (κ3) is 2.50. The molecular weight excluding hydrogens is 305 g/mol. The molecule has 3 rings (SSSR count). The molecular formula is C15H10FN3O4. The number of ether oxygens (including phenoxy) is 1. The molecule has 0 unspecified atom stereocenters. The van der Waals surface area contributed by atoms with Crippen LogP contribution in [0.2, 0.25) is 0 Å². The fourth-order valence-electron chi connectivity index (χ4n) is 2.27. The molecule has 1 N–H and O–H groups in total. The first-order valence-electron chi connectivity index (χ1n) is 6.52. The monoisotopic (exact) mass is 315 g/mol. The number of fused-ring (bicyclic) bond motifs is 1. The topological polar surface area (TPSA) is 98.1 Å². The lowest BCUT2D eigenvalue weighted by Gasteiger charge is -2.04. The van der Waals surface area contributed by atoms with E-state index in [4.69, 9.17) is 0 Å². The molecule has 23 heavy (non-hydrogen) atoms. The summed E-state index contributed by atoms with van der Waals surface area (Å²) >= 11 is 0. The van der Waals surface area contributed by atoms with Crippen molar-refractivity contribution in [1.82, 2.24) is 10.2 Å². The largest absolute Gasteiger partial charge is 0.465 e. The quantitative estimate of drug-likeness (QED) is 0.455. The molecule has 0 bridgehead atoms. The number of esters is 1. The Balaban J connectivity index is 2.18. The summed E-state index contributed by atoms with van der Waals surface area (Å²) in [7, 11) is 1.15. The zero-order valence-corrected chi connectivity index (χ0v) is 11.9. The number of rotatable bonds is 3. The van der Waals surface area contributed by atoms with E-state index in [1.54, 1.807) is 0 Å². The van der Waals surface area contributed by atoms with Gasteiger partial charge in [0.05, 0.1) is 23.1 Å². The Morgan fingerprint density at radius 1 is 1.30 bits per heavy atom. The molecule has 1 aromatic heterocycles. The lowest BCUT2D eigenvalue weighted by Crippen LogP contribution is -2.04. The highest BCUT2D eigenvalue weighted by Crippen LogP contribution is 2.30. The minimum Gasteiger partial charge on any atom is -0.465 e. The first-order valence-corrected chi connectivity index (χ1v) is 6.52. The van der Waals surface area contributed by atoms with E-state index in [1.165, 1.54) is 30.3 Å². The summed E-state index contributed by atoms with van der Waals surface area (Å²) in [5, 5.41) is 18.3. The Bertz CT molecular complexity index is 936. The maximum absolute atomic E-state index is 13.7. The van der Waals surface area contributed by atoms with Crippen molar-refractivity contribution in [1.29, 1.82) is 0 Å². The van der Waals surface area contributed by atoms with Crippen molar-refractivity contribution in [2.45, 2.75) is 0 Å². The van der Waals surface area contributed by atoms with Crippen molar-refractivity contribution in [3.05, 3.63) is 57.9 Å². The van der Waals surface area contributed by atoms with Crippen LogP contribution in [0.5, 0.6) is 0 Å². The highest BCUT2D eigenvalue weighted by Gasteiger charge is 2.17. The SMILES string of the molecule is COC(=O)c1cc(-c2n[nH]c3ccc([N+](=O)[O-])cc23)ccc1F. The molecule has 1 heterocycles. The lowest BCUT2D eigenvalue weighted by atomic mass is 10.0. The average molecular weight is 315 g/mol. The molecule has 0 aliphatic heterocycles. The second kappa shape index (κ2) is 5.48. The normalized spacial score (nSPS) is 10.7. The van der Waals surface area contributed by atoms with Crippen LogP contribution < -0.4 is 0 Å². The van der Waals surface area contributed by atoms with Gasteiger partial charge < -0.3 is 4.74 Å². The van der Waals surface area contributed by atoms with Crippen LogP contribution >= 0.6 is 0 Å². The van der Waals surface area contributed by atoms with Gasteiger partial charge in [0.1, 0.15) is 11.5 Å². The highest BCUT2D eigenvalue weighted by atomic mass is 19.1. The van der Waals surface area contributed by atoms with Gasteiger partial charge >= 0.3 is 5.97 Å². The number of methoxy groups -OCH3 is 1. The average Bonchev–Trinajstić information content (AvgIpc) is 2.97. The molecule has 2 aromatic carbocycles. The van der Waals surface area contributed by atoms with Gasteiger partial charge in [0.15, 0.2) is 0 Å². The lowest BCUT2D eigenvalue weighted by molar-refractivity contribution is -0.384.